The highest BCUT2D eigenvalue weighted by Crippen LogP contribution is 2.38. The average Bonchev–Trinajstić information content (AvgIpc) is 3.73. The molecule has 2 unspecified atom stereocenters. The zero-order chi connectivity index (χ0) is 31.1. The number of hydrogen-bond acceptors (Lipinski definition) is 6. The molecule has 1 saturated carbocycles. The summed E-state index contributed by atoms with van der Waals surface area (Å²) in [5, 5.41) is 11.6. The summed E-state index contributed by atoms with van der Waals surface area (Å²) in [6, 6.07) is 12.7. The van der Waals surface area contributed by atoms with Crippen LogP contribution in [0.15, 0.2) is 42.6 Å². The number of fused-ring (bicyclic) bond motifs is 1. The lowest BCUT2D eigenvalue weighted by atomic mass is 9.75. The quantitative estimate of drug-likeness (QED) is 0.167. The number of aryl methyl sites for hydroxylation is 2. The number of nitrogens with zero attached hydrogens (tertiary/aromatic N) is 5. The number of esters is 1. The largest absolute Gasteiger partial charge is 0.459 e. The number of aromatic amines is 1. The van der Waals surface area contributed by atoms with Crippen molar-refractivity contribution in [3.8, 4) is 11.4 Å². The van der Waals surface area contributed by atoms with Crippen LogP contribution in [0.3, 0.4) is 0 Å². The summed E-state index contributed by atoms with van der Waals surface area (Å²) in [5.41, 5.74) is 7.17. The Morgan fingerprint density at radius 1 is 1.07 bits per heavy atom. The van der Waals surface area contributed by atoms with Crippen LogP contribution in [-0.4, -0.2) is 51.8 Å². The van der Waals surface area contributed by atoms with Gasteiger partial charge in [-0.3, -0.25) is 9.61 Å². The van der Waals surface area contributed by atoms with Crippen LogP contribution in [0.25, 0.3) is 21.9 Å². The molecule has 3 heterocycles. The van der Waals surface area contributed by atoms with Gasteiger partial charge in [-0.05, 0) is 92.7 Å². The standard InChI is InChI=1S/C35H43N7O2/c1-21-10-11-23(3)27(18-21)37-28-19-26(12-13-30(28)40(7)41-14-8-9-15-41)33-38-34-31(29(36-6)20-42(34)39-33)35(43)44-32-24(4)16-22(2)17-25(32)5/h10-13,18-20,22,24-25,32,37H,8-9,14-17H2,1-5,7H3,(H,38,39). The van der Waals surface area contributed by atoms with Gasteiger partial charge in [-0.15, -0.1) is 0 Å². The molecule has 44 heavy (non-hydrogen) atoms. The fourth-order valence-electron chi connectivity index (χ4n) is 7.18. The molecule has 1 aliphatic heterocycles. The first-order chi connectivity index (χ1) is 21.1. The van der Waals surface area contributed by atoms with Gasteiger partial charge < -0.3 is 15.1 Å². The summed E-state index contributed by atoms with van der Waals surface area (Å²) in [4.78, 5) is 22.1. The molecule has 0 bridgehead atoms. The van der Waals surface area contributed by atoms with Crippen molar-refractivity contribution in [2.75, 3.05) is 30.5 Å². The van der Waals surface area contributed by atoms with Gasteiger partial charge in [0, 0.05) is 37.6 Å². The van der Waals surface area contributed by atoms with E-state index >= 15 is 0 Å². The molecule has 1 saturated heterocycles. The highest BCUT2D eigenvalue weighted by Gasteiger charge is 2.35. The number of hydrogen-bond donors (Lipinski definition) is 2. The smallest absolute Gasteiger partial charge is 0.331 e. The number of nitrogens with one attached hydrogen (secondary N) is 2. The van der Waals surface area contributed by atoms with Crippen molar-refractivity contribution >= 4 is 34.4 Å². The zero-order valence-corrected chi connectivity index (χ0v) is 26.6. The number of carbonyl (C=O) groups excluding carboxylic acids is 1. The van der Waals surface area contributed by atoms with Gasteiger partial charge in [-0.25, -0.2) is 19.6 Å². The van der Waals surface area contributed by atoms with E-state index in [4.69, 9.17) is 16.3 Å². The zero-order valence-electron chi connectivity index (χ0n) is 26.6. The van der Waals surface area contributed by atoms with Crippen molar-refractivity contribution in [2.24, 2.45) is 17.8 Å². The Bertz CT molecular complexity index is 1710. The molecule has 230 valence electrons. The summed E-state index contributed by atoms with van der Waals surface area (Å²) in [6.07, 6.45) is 5.89. The lowest BCUT2D eigenvalue weighted by Crippen LogP contribution is -2.37. The van der Waals surface area contributed by atoms with Crippen molar-refractivity contribution in [1.82, 2.24) is 19.6 Å². The molecule has 2 N–H and O–H groups in total. The third-order valence-electron chi connectivity index (χ3n) is 9.43. The normalized spacial score (nSPS) is 22.2. The molecule has 2 fully saturated rings. The summed E-state index contributed by atoms with van der Waals surface area (Å²) in [6.45, 7) is 20.6. The van der Waals surface area contributed by atoms with Gasteiger partial charge >= 0.3 is 5.97 Å². The van der Waals surface area contributed by atoms with Crippen LogP contribution >= 0.6 is 0 Å². The number of carbonyl (C=O) groups is 1. The predicted molar refractivity (Wildman–Crippen MR) is 176 cm³/mol. The molecule has 0 radical (unpaired) electrons. The Hall–Kier alpha value is -4.29. The maximum absolute atomic E-state index is 13.6. The van der Waals surface area contributed by atoms with E-state index in [1.807, 2.05) is 0 Å². The minimum Gasteiger partial charge on any atom is -0.459 e. The number of rotatable bonds is 7. The fraction of sp³-hybridized carbons (Fsp3) is 0.457. The van der Waals surface area contributed by atoms with Gasteiger partial charge in [0.1, 0.15) is 11.7 Å². The molecule has 4 aromatic rings. The second-order valence-corrected chi connectivity index (χ2v) is 13.0. The second kappa shape index (κ2) is 12.0. The Morgan fingerprint density at radius 2 is 1.80 bits per heavy atom. The third-order valence-corrected chi connectivity index (χ3v) is 9.43. The predicted octanol–water partition coefficient (Wildman–Crippen LogP) is 7.92. The molecule has 2 aromatic heterocycles. The highest BCUT2D eigenvalue weighted by molar-refractivity contribution is 6.03. The first-order valence-electron chi connectivity index (χ1n) is 15.8. The second-order valence-electron chi connectivity index (χ2n) is 13.0. The van der Waals surface area contributed by atoms with Gasteiger partial charge in [0.05, 0.1) is 17.9 Å². The number of hydrazine groups is 1. The molecular weight excluding hydrogens is 550 g/mol. The van der Waals surface area contributed by atoms with Gasteiger partial charge in [-0.2, -0.15) is 0 Å². The fourth-order valence-corrected chi connectivity index (χ4v) is 7.18. The minimum absolute atomic E-state index is 0.176. The molecule has 9 heteroatoms. The van der Waals surface area contributed by atoms with Crippen molar-refractivity contribution in [1.29, 1.82) is 0 Å². The van der Waals surface area contributed by atoms with E-state index in [2.05, 4.69) is 103 Å². The van der Waals surface area contributed by atoms with Gasteiger partial charge in [-0.1, -0.05) is 32.9 Å². The molecule has 0 amide bonds. The van der Waals surface area contributed by atoms with Crippen LogP contribution in [0.4, 0.5) is 22.7 Å². The Morgan fingerprint density at radius 3 is 2.50 bits per heavy atom. The number of H-pyrrole nitrogens is 1. The summed E-state index contributed by atoms with van der Waals surface area (Å²) in [5.74, 6) is 1.27. The van der Waals surface area contributed by atoms with Crippen molar-refractivity contribution in [3.05, 3.63) is 70.7 Å². The van der Waals surface area contributed by atoms with E-state index < -0.39 is 5.97 Å². The van der Waals surface area contributed by atoms with E-state index in [1.165, 1.54) is 18.4 Å². The first-order valence-corrected chi connectivity index (χ1v) is 15.8. The lowest BCUT2D eigenvalue weighted by molar-refractivity contribution is -0.0249. The SMILES string of the molecule is [C-]#[N+]c1cn2[nH]c(-c3ccc(N(C)N4CCCC4)c(Nc4cc(C)ccc4C)c3)nc2c1C(=O)OC1C(C)CC(C)CC1C. The highest BCUT2D eigenvalue weighted by atomic mass is 16.5. The number of benzene rings is 2. The van der Waals surface area contributed by atoms with Crippen molar-refractivity contribution < 1.29 is 9.53 Å². The van der Waals surface area contributed by atoms with Gasteiger partial charge in [0.2, 0.25) is 5.69 Å². The topological polar surface area (TPSA) is 82.3 Å². The van der Waals surface area contributed by atoms with Crippen LogP contribution in [-0.2, 0) is 4.74 Å². The monoisotopic (exact) mass is 593 g/mol. The van der Waals surface area contributed by atoms with Crippen molar-refractivity contribution in [2.45, 2.75) is 66.4 Å². The molecule has 2 aliphatic rings. The molecule has 1 aliphatic carbocycles. The Balaban J connectivity index is 1.36. The summed E-state index contributed by atoms with van der Waals surface area (Å²) < 4.78 is 7.77. The molecule has 9 nitrogen and oxygen atoms in total. The van der Waals surface area contributed by atoms with Gasteiger partial charge in [0.25, 0.3) is 0 Å². The maximum Gasteiger partial charge on any atom is 0.331 e. The van der Waals surface area contributed by atoms with E-state index in [-0.39, 0.29) is 29.2 Å². The van der Waals surface area contributed by atoms with Crippen LogP contribution in [0, 0.1) is 38.2 Å². The molecule has 6 rings (SSSR count). The first kappa shape index (κ1) is 29.8. The summed E-state index contributed by atoms with van der Waals surface area (Å²) in [7, 11) is 2.12. The molecule has 2 atom stereocenters. The van der Waals surface area contributed by atoms with Crippen LogP contribution in [0.2, 0.25) is 0 Å². The van der Waals surface area contributed by atoms with Gasteiger partial charge in [0.15, 0.2) is 11.5 Å². The molecular formula is C35H43N7O2. The minimum atomic E-state index is -0.477. The number of aromatic nitrogens is 3. The number of ether oxygens (including phenoxy) is 1. The van der Waals surface area contributed by atoms with Crippen LogP contribution in [0.1, 0.15) is 67.9 Å². The van der Waals surface area contributed by atoms with E-state index in [0.29, 0.717) is 17.4 Å². The van der Waals surface area contributed by atoms with Crippen LogP contribution in [0.5, 0.6) is 0 Å². The Labute approximate surface area is 260 Å². The van der Waals surface area contributed by atoms with E-state index in [0.717, 1.165) is 54.1 Å². The maximum atomic E-state index is 13.6. The van der Waals surface area contributed by atoms with Crippen molar-refractivity contribution in [3.63, 3.8) is 0 Å². The molecule has 0 spiro atoms. The summed E-state index contributed by atoms with van der Waals surface area (Å²) >= 11 is 0. The van der Waals surface area contributed by atoms with E-state index in [9.17, 15) is 4.79 Å². The lowest BCUT2D eigenvalue weighted by Gasteiger charge is -2.37. The number of anilines is 3. The van der Waals surface area contributed by atoms with E-state index in [1.54, 1.807) is 10.7 Å². The average molecular weight is 594 g/mol. The third kappa shape index (κ3) is 5.67. The Kier molecular flexibility index (Phi) is 8.12. The molecule has 2 aromatic carbocycles. The van der Waals surface area contributed by atoms with Crippen LogP contribution < -0.4 is 10.3 Å².